The van der Waals surface area contributed by atoms with Crippen molar-refractivity contribution < 1.29 is 22.4 Å². The highest BCUT2D eigenvalue weighted by Gasteiger charge is 2.52. The molecule has 1 heterocycles. The third kappa shape index (κ3) is 4.79. The molecule has 0 bridgehead atoms. The number of carbonyl (C=O) groups is 1. The number of halogens is 4. The second kappa shape index (κ2) is 8.18. The number of hydrogen-bond acceptors (Lipinski definition) is 4. The predicted octanol–water partition coefficient (Wildman–Crippen LogP) is 5.11. The molecule has 156 valence electrons. The van der Waals surface area contributed by atoms with Gasteiger partial charge in [-0.25, -0.2) is 22.5 Å². The second-order valence-corrected chi connectivity index (χ2v) is 8.71. The Bertz CT molecular complexity index is 708. The molecule has 1 aromatic heterocycles. The minimum absolute atomic E-state index is 0.137. The van der Waals surface area contributed by atoms with Gasteiger partial charge < -0.3 is 5.32 Å². The van der Waals surface area contributed by atoms with Crippen LogP contribution in [0.1, 0.15) is 45.4 Å². The quantitative estimate of drug-likeness (QED) is 0.526. The Labute approximate surface area is 166 Å². The van der Waals surface area contributed by atoms with Crippen LogP contribution in [0.25, 0.3) is 0 Å². The zero-order valence-corrected chi connectivity index (χ0v) is 16.5. The summed E-state index contributed by atoms with van der Waals surface area (Å²) in [5, 5.41) is 8.65. The van der Waals surface area contributed by atoms with E-state index >= 15 is 0 Å². The van der Waals surface area contributed by atoms with Gasteiger partial charge in [0.05, 0.1) is 0 Å². The van der Waals surface area contributed by atoms with Crippen molar-refractivity contribution in [3.05, 3.63) is 18.3 Å². The number of nitrogens with one attached hydrogen (secondary N) is 1. The van der Waals surface area contributed by atoms with Crippen LogP contribution >= 0.6 is 11.9 Å². The maximum Gasteiger partial charge on any atom is 0.251 e. The van der Waals surface area contributed by atoms with Crippen molar-refractivity contribution in [3.63, 3.8) is 0 Å². The number of aromatic nitrogens is 1. The predicted molar refractivity (Wildman–Crippen MR) is 100 cm³/mol. The van der Waals surface area contributed by atoms with Gasteiger partial charge in [-0.15, -0.1) is 0 Å². The summed E-state index contributed by atoms with van der Waals surface area (Å²) in [6, 6.07) is 3.14. The highest BCUT2D eigenvalue weighted by molar-refractivity contribution is 7.97. The molecule has 3 atom stereocenters. The number of alkyl halides is 4. The Morgan fingerprint density at radius 3 is 2.61 bits per heavy atom. The Morgan fingerprint density at radius 1 is 1.29 bits per heavy atom. The van der Waals surface area contributed by atoms with Crippen LogP contribution in [0.3, 0.4) is 0 Å². The van der Waals surface area contributed by atoms with Gasteiger partial charge in [-0.3, -0.25) is 9.93 Å². The number of amides is 1. The van der Waals surface area contributed by atoms with Crippen LogP contribution in [-0.4, -0.2) is 22.7 Å². The molecule has 0 saturated heterocycles. The molecule has 2 aliphatic rings. The van der Waals surface area contributed by atoms with Crippen molar-refractivity contribution in [2.75, 3.05) is 5.32 Å². The van der Waals surface area contributed by atoms with Crippen LogP contribution in [-0.2, 0) is 4.79 Å². The molecule has 9 heteroatoms. The first-order valence-corrected chi connectivity index (χ1v) is 10.4. The number of nitrogens with zero attached hydrogens (tertiary/aromatic N) is 1. The van der Waals surface area contributed by atoms with Crippen LogP contribution in [0.2, 0.25) is 0 Å². The maximum atomic E-state index is 14.4. The van der Waals surface area contributed by atoms with E-state index in [1.165, 1.54) is 13.1 Å². The third-order valence-electron chi connectivity index (χ3n) is 6.18. The molecular formula is C19H25F4N3OS. The summed E-state index contributed by atoms with van der Waals surface area (Å²) in [5.74, 6) is -8.37. The fraction of sp³-hybridized carbons (Fsp3) is 0.684. The summed E-state index contributed by atoms with van der Waals surface area (Å²) in [5.41, 5.74) is 0.434. The molecule has 3 rings (SSSR count). The van der Waals surface area contributed by atoms with Crippen LogP contribution in [0.15, 0.2) is 23.4 Å². The number of carbonyl (C=O) groups excluding carboxylic acids is 1. The molecular weight excluding hydrogens is 394 g/mol. The Hall–Kier alpha value is -1.35. The smallest absolute Gasteiger partial charge is 0.251 e. The minimum atomic E-state index is -2.95. The average molecular weight is 419 g/mol. The number of hydrogen-bond donors (Lipinski definition) is 2. The monoisotopic (exact) mass is 419 g/mol. The number of pyridine rings is 1. The molecule has 28 heavy (non-hydrogen) atoms. The van der Waals surface area contributed by atoms with E-state index in [9.17, 15) is 22.4 Å². The number of rotatable bonds is 4. The number of nitrogens with two attached hydrogens (primary N) is 1. The number of anilines is 1. The van der Waals surface area contributed by atoms with Gasteiger partial charge in [0.1, 0.15) is 5.03 Å². The highest BCUT2D eigenvalue weighted by atomic mass is 32.2. The zero-order valence-electron chi connectivity index (χ0n) is 15.6. The van der Waals surface area contributed by atoms with Crippen molar-refractivity contribution in [2.24, 2.45) is 28.8 Å². The zero-order chi connectivity index (χ0) is 20.5. The van der Waals surface area contributed by atoms with Gasteiger partial charge in [-0.1, -0.05) is 6.92 Å². The van der Waals surface area contributed by atoms with Gasteiger partial charge in [0.15, 0.2) is 0 Å². The Morgan fingerprint density at radius 2 is 1.96 bits per heavy atom. The van der Waals surface area contributed by atoms with E-state index in [1.54, 1.807) is 12.1 Å². The Balaban J connectivity index is 1.78. The summed E-state index contributed by atoms with van der Waals surface area (Å²) in [7, 11) is 0. The lowest BCUT2D eigenvalue weighted by molar-refractivity contribution is -0.148. The van der Waals surface area contributed by atoms with Gasteiger partial charge in [0.25, 0.3) is 5.92 Å². The van der Waals surface area contributed by atoms with Crippen molar-refractivity contribution in [2.45, 2.75) is 62.3 Å². The maximum absolute atomic E-state index is 14.4. The van der Waals surface area contributed by atoms with E-state index in [4.69, 9.17) is 5.14 Å². The normalized spacial score (nSPS) is 30.0. The molecule has 1 aromatic rings. The molecule has 0 radical (unpaired) electrons. The van der Waals surface area contributed by atoms with E-state index in [-0.39, 0.29) is 43.9 Å². The molecule has 0 aromatic carbocycles. The van der Waals surface area contributed by atoms with Gasteiger partial charge in [0.2, 0.25) is 11.8 Å². The first-order valence-electron chi connectivity index (χ1n) is 9.50. The van der Waals surface area contributed by atoms with E-state index in [0.717, 1.165) is 11.9 Å². The molecule has 2 fully saturated rings. The van der Waals surface area contributed by atoms with E-state index in [0.29, 0.717) is 10.7 Å². The lowest BCUT2D eigenvalue weighted by Gasteiger charge is -2.44. The fourth-order valence-corrected chi connectivity index (χ4v) is 4.79. The fourth-order valence-electron chi connectivity index (χ4n) is 4.48. The molecule has 2 saturated carbocycles. The molecule has 0 spiro atoms. The van der Waals surface area contributed by atoms with Crippen LogP contribution < -0.4 is 10.5 Å². The van der Waals surface area contributed by atoms with Gasteiger partial charge in [-0.05, 0) is 55.2 Å². The standard InChI is InChI=1S/C19H25F4N3OS/c1-11-8-14(12-2-5-18(20,21)6-3-12)15(10-19(11,22)23)17(27)26-13-4-7-25-16(9-13)28-24/h4,7,9,11-12,14-15H,2-3,5-6,8,10,24H2,1H3,(H,25,26,27)/t11?,14?,15-/m1/s1. The SMILES string of the molecule is CC1CC(C2CCC(F)(F)CC2)[C@H](C(=O)Nc2ccnc(SN)c2)CC1(F)F. The average Bonchev–Trinajstić information content (AvgIpc) is 2.64. The topological polar surface area (TPSA) is 68.0 Å². The second-order valence-electron chi connectivity index (χ2n) is 8.06. The van der Waals surface area contributed by atoms with Crippen molar-refractivity contribution in [1.29, 1.82) is 0 Å². The highest BCUT2D eigenvalue weighted by Crippen LogP contribution is 2.51. The van der Waals surface area contributed by atoms with Crippen LogP contribution in [0, 0.1) is 23.7 Å². The van der Waals surface area contributed by atoms with Gasteiger partial charge >= 0.3 is 0 Å². The summed E-state index contributed by atoms with van der Waals surface area (Å²) >= 11 is 0.915. The van der Waals surface area contributed by atoms with Gasteiger partial charge in [-0.2, -0.15) is 0 Å². The molecule has 4 nitrogen and oxygen atoms in total. The lowest BCUT2D eigenvalue weighted by Crippen LogP contribution is -2.47. The molecule has 0 aliphatic heterocycles. The third-order valence-corrected chi connectivity index (χ3v) is 6.65. The van der Waals surface area contributed by atoms with Crippen LogP contribution in [0.4, 0.5) is 23.2 Å². The summed E-state index contributed by atoms with van der Waals surface area (Å²) in [4.78, 5) is 16.9. The van der Waals surface area contributed by atoms with Crippen molar-refractivity contribution in [3.8, 4) is 0 Å². The van der Waals surface area contributed by atoms with E-state index in [2.05, 4.69) is 10.3 Å². The molecule has 2 unspecified atom stereocenters. The molecule has 3 N–H and O–H groups in total. The minimum Gasteiger partial charge on any atom is -0.326 e. The van der Waals surface area contributed by atoms with E-state index < -0.39 is 36.0 Å². The summed E-state index contributed by atoms with van der Waals surface area (Å²) < 4.78 is 55.9. The summed E-state index contributed by atoms with van der Waals surface area (Å²) in [6.45, 7) is 1.48. The first kappa shape index (κ1) is 21.4. The largest absolute Gasteiger partial charge is 0.326 e. The van der Waals surface area contributed by atoms with Gasteiger partial charge in [0, 0.05) is 43.0 Å². The van der Waals surface area contributed by atoms with Crippen molar-refractivity contribution >= 4 is 23.5 Å². The summed E-state index contributed by atoms with van der Waals surface area (Å²) in [6.07, 6.45) is 1.14. The first-order chi connectivity index (χ1) is 13.1. The van der Waals surface area contributed by atoms with E-state index in [1.807, 2.05) is 0 Å². The molecule has 2 aliphatic carbocycles. The molecule has 1 amide bonds. The van der Waals surface area contributed by atoms with Crippen LogP contribution in [0.5, 0.6) is 0 Å². The van der Waals surface area contributed by atoms with Crippen molar-refractivity contribution in [1.82, 2.24) is 4.98 Å². The Kier molecular flexibility index (Phi) is 6.24. The lowest BCUT2D eigenvalue weighted by atomic mass is 9.63.